The lowest BCUT2D eigenvalue weighted by Gasteiger charge is -2.59. The highest BCUT2D eigenvalue weighted by atomic mass is 16.3. The summed E-state index contributed by atoms with van der Waals surface area (Å²) in [6, 6.07) is 0. The lowest BCUT2D eigenvalue weighted by atomic mass is 9.45. The molecule has 0 saturated heterocycles. The van der Waals surface area contributed by atoms with E-state index in [1.165, 1.54) is 19.3 Å². The van der Waals surface area contributed by atoms with E-state index >= 15 is 0 Å². The van der Waals surface area contributed by atoms with Crippen molar-refractivity contribution in [3.63, 3.8) is 0 Å². The number of rotatable bonds is 1. The minimum Gasteiger partial charge on any atom is -0.386 e. The number of Topliss-reactive ketones (excluding diaryl/α,β-unsaturated/α-hetero) is 1. The molecule has 22 heavy (non-hydrogen) atoms. The molecule has 0 aromatic heterocycles. The number of ketones is 1. The minimum absolute atomic E-state index is 0.169. The fourth-order valence-electron chi connectivity index (χ4n) is 5.78. The molecule has 1 N–H and O–H groups in total. The van der Waals surface area contributed by atoms with Gasteiger partial charge in [0.05, 0.1) is 5.60 Å². The molecule has 4 unspecified atom stereocenters. The van der Waals surface area contributed by atoms with Gasteiger partial charge in [0.25, 0.3) is 0 Å². The van der Waals surface area contributed by atoms with Crippen LogP contribution < -0.4 is 0 Å². The van der Waals surface area contributed by atoms with Gasteiger partial charge in [-0.3, -0.25) is 4.79 Å². The molecule has 0 aliphatic heterocycles. The zero-order valence-corrected chi connectivity index (χ0v) is 14.9. The van der Waals surface area contributed by atoms with E-state index in [2.05, 4.69) is 34.6 Å². The van der Waals surface area contributed by atoms with Crippen LogP contribution in [-0.2, 0) is 4.79 Å². The molecule has 0 heterocycles. The van der Waals surface area contributed by atoms with Crippen LogP contribution in [0.25, 0.3) is 0 Å². The third-order valence-corrected chi connectivity index (χ3v) is 7.40. The Morgan fingerprint density at radius 2 is 1.86 bits per heavy atom. The molecule has 2 saturated carbocycles. The lowest BCUT2D eigenvalue weighted by Crippen LogP contribution is -2.54. The van der Waals surface area contributed by atoms with Gasteiger partial charge in [-0.1, -0.05) is 41.0 Å². The van der Waals surface area contributed by atoms with E-state index in [4.69, 9.17) is 0 Å². The summed E-state index contributed by atoms with van der Waals surface area (Å²) in [5, 5.41) is 10.9. The molecule has 3 aliphatic carbocycles. The van der Waals surface area contributed by atoms with Gasteiger partial charge in [-0.2, -0.15) is 0 Å². The van der Waals surface area contributed by atoms with E-state index in [1.54, 1.807) is 0 Å². The Morgan fingerprint density at radius 1 is 1.18 bits per heavy atom. The number of hydrogen-bond donors (Lipinski definition) is 1. The summed E-state index contributed by atoms with van der Waals surface area (Å²) in [6.07, 6.45) is 8.15. The molecule has 0 bridgehead atoms. The van der Waals surface area contributed by atoms with Gasteiger partial charge in [0.1, 0.15) is 0 Å². The summed E-state index contributed by atoms with van der Waals surface area (Å²) >= 11 is 0. The molecule has 4 atom stereocenters. The van der Waals surface area contributed by atoms with Crippen LogP contribution in [0.5, 0.6) is 0 Å². The molecule has 3 rings (SSSR count). The maximum absolute atomic E-state index is 12.8. The molecule has 2 heteroatoms. The van der Waals surface area contributed by atoms with Crippen molar-refractivity contribution in [1.82, 2.24) is 0 Å². The second-order valence-corrected chi connectivity index (χ2v) is 9.36. The van der Waals surface area contributed by atoms with Crippen LogP contribution in [0.3, 0.4) is 0 Å². The van der Waals surface area contributed by atoms with Crippen molar-refractivity contribution in [2.24, 2.45) is 28.6 Å². The molecule has 2 fully saturated rings. The highest BCUT2D eigenvalue weighted by Gasteiger charge is 2.57. The van der Waals surface area contributed by atoms with Crippen LogP contribution in [0.15, 0.2) is 11.6 Å². The molecule has 2 nitrogen and oxygen atoms in total. The predicted molar refractivity (Wildman–Crippen MR) is 89.4 cm³/mol. The highest BCUT2D eigenvalue weighted by molar-refractivity contribution is 5.97. The van der Waals surface area contributed by atoms with E-state index in [-0.39, 0.29) is 16.7 Å². The van der Waals surface area contributed by atoms with Crippen molar-refractivity contribution in [2.45, 2.75) is 78.7 Å². The minimum atomic E-state index is -0.783. The third-order valence-electron chi connectivity index (χ3n) is 7.40. The van der Waals surface area contributed by atoms with Crippen molar-refractivity contribution in [2.75, 3.05) is 0 Å². The molecule has 0 radical (unpaired) electrons. The van der Waals surface area contributed by atoms with Gasteiger partial charge in [-0.15, -0.1) is 0 Å². The van der Waals surface area contributed by atoms with Gasteiger partial charge in [0.15, 0.2) is 5.78 Å². The Kier molecular flexibility index (Phi) is 3.64. The summed E-state index contributed by atoms with van der Waals surface area (Å²) < 4.78 is 0. The van der Waals surface area contributed by atoms with Crippen LogP contribution in [0.2, 0.25) is 0 Å². The van der Waals surface area contributed by atoms with Crippen LogP contribution >= 0.6 is 0 Å². The Labute approximate surface area is 135 Å². The largest absolute Gasteiger partial charge is 0.386 e. The summed E-state index contributed by atoms with van der Waals surface area (Å²) in [4.78, 5) is 12.8. The first-order chi connectivity index (χ1) is 10.1. The average Bonchev–Trinajstić information content (AvgIpc) is 2.41. The van der Waals surface area contributed by atoms with E-state index in [1.807, 2.05) is 6.08 Å². The predicted octanol–water partition coefficient (Wildman–Crippen LogP) is 4.52. The first-order valence-corrected chi connectivity index (χ1v) is 9.08. The fraction of sp³-hybridized carbons (Fsp3) is 0.850. The summed E-state index contributed by atoms with van der Waals surface area (Å²) in [6.45, 7) is 11.2. The van der Waals surface area contributed by atoms with Crippen LogP contribution in [0, 0.1) is 28.6 Å². The smallest absolute Gasteiger partial charge is 0.159 e. The number of carbonyl (C=O) groups excluding carboxylic acids is 1. The van der Waals surface area contributed by atoms with Crippen molar-refractivity contribution in [3.05, 3.63) is 11.6 Å². The van der Waals surface area contributed by atoms with Crippen LogP contribution in [-0.4, -0.2) is 16.5 Å². The summed E-state index contributed by atoms with van der Waals surface area (Å²) in [5.41, 5.74) is 0.674. The van der Waals surface area contributed by atoms with Gasteiger partial charge >= 0.3 is 0 Å². The zero-order valence-electron chi connectivity index (χ0n) is 14.9. The molecule has 0 amide bonds. The van der Waals surface area contributed by atoms with Crippen molar-refractivity contribution < 1.29 is 9.90 Å². The normalized spacial score (nSPS) is 44.3. The monoisotopic (exact) mass is 304 g/mol. The van der Waals surface area contributed by atoms with Gasteiger partial charge in [0.2, 0.25) is 0 Å². The molecular weight excluding hydrogens is 272 g/mol. The van der Waals surface area contributed by atoms with E-state index < -0.39 is 5.60 Å². The number of allylic oxidation sites excluding steroid dienone is 1. The summed E-state index contributed by atoms with van der Waals surface area (Å²) in [5.74, 6) is 1.33. The highest BCUT2D eigenvalue weighted by Crippen LogP contribution is 2.62. The van der Waals surface area contributed by atoms with E-state index in [9.17, 15) is 9.90 Å². The Bertz CT molecular complexity index is 516. The third kappa shape index (κ3) is 2.21. The number of carbonyl (C=O) groups is 1. The topological polar surface area (TPSA) is 37.3 Å². The van der Waals surface area contributed by atoms with E-state index in [0.717, 1.165) is 18.4 Å². The molecule has 3 aliphatic rings. The van der Waals surface area contributed by atoms with Crippen molar-refractivity contribution in [3.8, 4) is 0 Å². The first kappa shape index (κ1) is 16.2. The second-order valence-electron chi connectivity index (χ2n) is 9.36. The SMILES string of the molecule is CC(C)C1(O)C=C2C(=O)CC3C(C)(C)CCCC3(C)C2CC1. The maximum atomic E-state index is 12.8. The van der Waals surface area contributed by atoms with Crippen LogP contribution in [0.4, 0.5) is 0 Å². The standard InChI is InChI=1S/C20H32O2/c1-13(2)20(22)10-7-15-14(12-20)16(21)11-17-18(3,4)8-6-9-19(15,17)5/h12-13,15,17,22H,6-11H2,1-5H3. The van der Waals surface area contributed by atoms with Crippen LogP contribution in [0.1, 0.15) is 73.1 Å². The zero-order chi connectivity index (χ0) is 16.3. The van der Waals surface area contributed by atoms with Gasteiger partial charge in [0, 0.05) is 6.42 Å². The fourth-order valence-corrected chi connectivity index (χ4v) is 5.78. The molecule has 0 aromatic carbocycles. The number of aliphatic hydroxyl groups is 1. The molecular formula is C20H32O2. The van der Waals surface area contributed by atoms with E-state index in [0.29, 0.717) is 24.0 Å². The average molecular weight is 304 g/mol. The van der Waals surface area contributed by atoms with Gasteiger partial charge in [-0.05, 0) is 65.9 Å². The number of fused-ring (bicyclic) bond motifs is 3. The maximum Gasteiger partial charge on any atom is 0.159 e. The van der Waals surface area contributed by atoms with Gasteiger partial charge < -0.3 is 5.11 Å². The second kappa shape index (κ2) is 4.93. The molecule has 124 valence electrons. The quantitative estimate of drug-likeness (QED) is 0.773. The molecule has 0 spiro atoms. The first-order valence-electron chi connectivity index (χ1n) is 9.08. The lowest BCUT2D eigenvalue weighted by molar-refractivity contribution is -0.132. The summed E-state index contributed by atoms with van der Waals surface area (Å²) in [7, 11) is 0. The Morgan fingerprint density at radius 3 is 2.50 bits per heavy atom. The number of hydrogen-bond acceptors (Lipinski definition) is 2. The Hall–Kier alpha value is -0.630. The Balaban J connectivity index is 2.03. The van der Waals surface area contributed by atoms with Crippen molar-refractivity contribution in [1.29, 1.82) is 0 Å². The molecule has 0 aromatic rings. The van der Waals surface area contributed by atoms with Crippen molar-refractivity contribution >= 4 is 5.78 Å². The van der Waals surface area contributed by atoms with Gasteiger partial charge in [-0.25, -0.2) is 0 Å².